The van der Waals surface area contributed by atoms with Crippen molar-refractivity contribution in [1.82, 2.24) is 9.88 Å². The van der Waals surface area contributed by atoms with Gasteiger partial charge in [0.15, 0.2) is 23.1 Å². The first-order chi connectivity index (χ1) is 22.5. The molecule has 2 N–H and O–H groups in total. The van der Waals surface area contributed by atoms with Crippen molar-refractivity contribution < 1.29 is 37.0 Å². The number of methoxy groups -OCH3 is 1. The number of hydrogen-bond acceptors (Lipinski definition) is 7. The molecule has 1 aliphatic rings. The molecule has 0 saturated heterocycles. The highest BCUT2D eigenvalue weighted by atomic mass is 19.1. The number of anilines is 2. The highest BCUT2D eigenvalue weighted by Gasteiger charge is 2.69. The van der Waals surface area contributed by atoms with Crippen molar-refractivity contribution in [3.63, 3.8) is 0 Å². The minimum atomic E-state index is -1.40. The molecule has 0 aliphatic heterocycles. The Morgan fingerprint density at radius 1 is 0.830 bits per heavy atom. The normalized spacial score (nSPS) is 18.6. The molecule has 4 aromatic rings. The minimum Gasteiger partial charge on any atom is -0.489 e. The number of likely N-dealkylation sites (N-methyl/N-ethyl adjacent to an activating group) is 1. The molecule has 2 amide bonds. The molecule has 0 unspecified atom stereocenters. The van der Waals surface area contributed by atoms with Crippen LogP contribution in [0.5, 0.6) is 23.1 Å². The van der Waals surface area contributed by atoms with Crippen LogP contribution in [0.1, 0.15) is 27.7 Å². The summed E-state index contributed by atoms with van der Waals surface area (Å²) in [7, 11) is 1.41. The van der Waals surface area contributed by atoms with E-state index in [1.165, 1.54) is 61.7 Å². The Balaban J connectivity index is 1.33. The molecule has 12 heteroatoms. The average molecular weight is 651 g/mol. The lowest BCUT2D eigenvalue weighted by molar-refractivity contribution is -0.132. The monoisotopic (exact) mass is 650 g/mol. The molecule has 2 atom stereocenters. The van der Waals surface area contributed by atoms with E-state index in [9.17, 15) is 14.0 Å². The second-order valence-corrected chi connectivity index (χ2v) is 11.4. The number of amides is 2. The molecule has 1 heterocycles. The summed E-state index contributed by atoms with van der Waals surface area (Å²) < 4.78 is 60.7. The molecule has 1 saturated carbocycles. The number of pyridine rings is 1. The van der Waals surface area contributed by atoms with Gasteiger partial charge in [0.05, 0.1) is 12.6 Å². The molecular formula is C35H37F3N4O5. The first-order valence-corrected chi connectivity index (χ1v) is 15.4. The van der Waals surface area contributed by atoms with Crippen LogP contribution in [0.25, 0.3) is 10.9 Å². The molecule has 0 spiro atoms. The van der Waals surface area contributed by atoms with Crippen molar-refractivity contribution in [3.05, 3.63) is 78.1 Å². The first-order valence-electron chi connectivity index (χ1n) is 15.4. The SMILES string of the molecule is CCN(CC)CCOc1cc2nc(OC)cc(Oc3ccc(NC(=O)C4(C(=O)Nc5ccc(F)cc5)[C@H](C)[C@H]4C)cc3F)c2cc1F. The largest absolute Gasteiger partial charge is 0.489 e. The maximum absolute atomic E-state index is 15.4. The number of aromatic nitrogens is 1. The zero-order chi connectivity index (χ0) is 33.9. The van der Waals surface area contributed by atoms with Crippen LogP contribution in [0.3, 0.4) is 0 Å². The van der Waals surface area contributed by atoms with Gasteiger partial charge in [0.25, 0.3) is 0 Å². The lowest BCUT2D eigenvalue weighted by Gasteiger charge is -2.19. The quantitative estimate of drug-likeness (QED) is 0.150. The fourth-order valence-electron chi connectivity index (χ4n) is 5.79. The van der Waals surface area contributed by atoms with E-state index in [2.05, 4.69) is 20.5 Å². The third-order valence-electron chi connectivity index (χ3n) is 8.91. The number of nitrogens with zero attached hydrogens (tertiary/aromatic N) is 2. The Bertz CT molecular complexity index is 1770. The number of rotatable bonds is 13. The molecule has 0 bridgehead atoms. The number of fused-ring (bicyclic) bond motifs is 1. The van der Waals surface area contributed by atoms with Gasteiger partial charge in [0.1, 0.15) is 23.6 Å². The highest BCUT2D eigenvalue weighted by Crippen LogP contribution is 2.59. The summed E-state index contributed by atoms with van der Waals surface area (Å²) in [5, 5.41) is 5.61. The molecule has 248 valence electrons. The van der Waals surface area contributed by atoms with Crippen LogP contribution in [-0.2, 0) is 9.59 Å². The van der Waals surface area contributed by atoms with Gasteiger partial charge in [-0.2, -0.15) is 0 Å². The number of hydrogen-bond donors (Lipinski definition) is 2. The van der Waals surface area contributed by atoms with E-state index in [1.54, 1.807) is 13.8 Å². The van der Waals surface area contributed by atoms with Gasteiger partial charge < -0.3 is 29.7 Å². The standard InChI is InChI=1S/C35H37F3N4O5/c1-6-42(7-2)14-15-46-31-18-28-25(17-27(31)38)30(19-32(41-28)45-5)47-29-13-12-24(16-26(29)37)40-34(44)35(20(3)21(35)4)33(43)39-23-10-8-22(36)9-11-23/h8-13,16-21H,6-7,14-15H2,1-5H3,(H,39,43)(H,40,44)/t20-,21-/m1/s1. The van der Waals surface area contributed by atoms with Crippen molar-refractivity contribution in [3.8, 4) is 23.1 Å². The zero-order valence-corrected chi connectivity index (χ0v) is 26.8. The van der Waals surface area contributed by atoms with Crippen LogP contribution in [0.15, 0.2) is 60.7 Å². The lowest BCUT2D eigenvalue weighted by Crippen LogP contribution is -2.38. The van der Waals surface area contributed by atoms with E-state index in [0.717, 1.165) is 19.2 Å². The Morgan fingerprint density at radius 2 is 1.45 bits per heavy atom. The second-order valence-electron chi connectivity index (χ2n) is 11.4. The number of ether oxygens (including phenoxy) is 3. The number of halogens is 3. The fourth-order valence-corrected chi connectivity index (χ4v) is 5.79. The molecule has 3 aromatic carbocycles. The smallest absolute Gasteiger partial charge is 0.240 e. The Labute approximate surface area is 271 Å². The number of carbonyl (C=O) groups excluding carboxylic acids is 2. The van der Waals surface area contributed by atoms with Crippen molar-refractivity contribution in [2.24, 2.45) is 17.3 Å². The van der Waals surface area contributed by atoms with Crippen LogP contribution in [0, 0.1) is 34.7 Å². The number of nitrogens with one attached hydrogen (secondary N) is 2. The predicted octanol–water partition coefficient (Wildman–Crippen LogP) is 7.02. The fraction of sp³-hybridized carbons (Fsp3) is 0.343. The van der Waals surface area contributed by atoms with Gasteiger partial charge in [-0.15, -0.1) is 0 Å². The average Bonchev–Trinajstić information content (AvgIpc) is 3.62. The lowest BCUT2D eigenvalue weighted by atomic mass is 9.99. The molecular weight excluding hydrogens is 613 g/mol. The van der Waals surface area contributed by atoms with Crippen molar-refractivity contribution in [2.45, 2.75) is 27.7 Å². The summed E-state index contributed by atoms with van der Waals surface area (Å²) in [5.41, 5.74) is -0.624. The molecule has 47 heavy (non-hydrogen) atoms. The summed E-state index contributed by atoms with van der Waals surface area (Å²) in [6, 6.07) is 13.1. The van der Waals surface area contributed by atoms with E-state index in [1.807, 2.05) is 13.8 Å². The van der Waals surface area contributed by atoms with Crippen LogP contribution < -0.4 is 24.8 Å². The Morgan fingerprint density at radius 3 is 2.04 bits per heavy atom. The summed E-state index contributed by atoms with van der Waals surface area (Å²) >= 11 is 0. The van der Waals surface area contributed by atoms with Gasteiger partial charge >= 0.3 is 0 Å². The number of benzene rings is 3. The molecule has 1 fully saturated rings. The van der Waals surface area contributed by atoms with Crippen molar-refractivity contribution in [1.29, 1.82) is 0 Å². The maximum atomic E-state index is 15.4. The molecule has 1 aromatic heterocycles. The van der Waals surface area contributed by atoms with E-state index < -0.39 is 34.7 Å². The maximum Gasteiger partial charge on any atom is 0.240 e. The van der Waals surface area contributed by atoms with E-state index in [0.29, 0.717) is 17.7 Å². The van der Waals surface area contributed by atoms with Crippen LogP contribution >= 0.6 is 0 Å². The summed E-state index contributed by atoms with van der Waals surface area (Å²) in [4.78, 5) is 33.2. The van der Waals surface area contributed by atoms with Crippen molar-refractivity contribution in [2.75, 3.05) is 44.0 Å². The summed E-state index contributed by atoms with van der Waals surface area (Å²) in [6.45, 7) is 10.2. The second kappa shape index (κ2) is 13.9. The third-order valence-corrected chi connectivity index (χ3v) is 8.91. The van der Waals surface area contributed by atoms with Gasteiger partial charge in [0, 0.05) is 41.5 Å². The molecule has 1 aliphatic carbocycles. The summed E-state index contributed by atoms with van der Waals surface area (Å²) in [6.07, 6.45) is 0. The van der Waals surface area contributed by atoms with E-state index >= 15 is 8.78 Å². The molecule has 0 radical (unpaired) electrons. The van der Waals surface area contributed by atoms with Crippen molar-refractivity contribution >= 4 is 34.1 Å². The van der Waals surface area contributed by atoms with Crippen LogP contribution in [0.2, 0.25) is 0 Å². The third kappa shape index (κ3) is 6.83. The zero-order valence-electron chi connectivity index (χ0n) is 26.8. The van der Waals surface area contributed by atoms with Gasteiger partial charge in [-0.1, -0.05) is 27.7 Å². The van der Waals surface area contributed by atoms with Gasteiger partial charge in [-0.05, 0) is 67.4 Å². The van der Waals surface area contributed by atoms with E-state index in [4.69, 9.17) is 14.2 Å². The minimum absolute atomic E-state index is 0.0195. The highest BCUT2D eigenvalue weighted by molar-refractivity contribution is 6.17. The van der Waals surface area contributed by atoms with E-state index in [-0.39, 0.29) is 52.6 Å². The first kappa shape index (κ1) is 33.5. The Hall–Kier alpha value is -4.84. The van der Waals surface area contributed by atoms with Gasteiger partial charge in [-0.25, -0.2) is 18.2 Å². The van der Waals surface area contributed by atoms with Crippen LogP contribution in [0.4, 0.5) is 24.5 Å². The molecule has 9 nitrogen and oxygen atoms in total. The topological polar surface area (TPSA) is 102 Å². The van der Waals surface area contributed by atoms with Gasteiger partial charge in [-0.3, -0.25) is 9.59 Å². The van der Waals surface area contributed by atoms with Crippen LogP contribution in [-0.4, -0.2) is 55.0 Å². The van der Waals surface area contributed by atoms with Gasteiger partial charge in [0.2, 0.25) is 17.7 Å². The predicted molar refractivity (Wildman–Crippen MR) is 172 cm³/mol. The summed E-state index contributed by atoms with van der Waals surface area (Å²) in [5.74, 6) is -3.55. The Kier molecular flexibility index (Phi) is 9.90. The number of carbonyl (C=O) groups is 2. The molecule has 5 rings (SSSR count).